The van der Waals surface area contributed by atoms with E-state index in [4.69, 9.17) is 0 Å². The van der Waals surface area contributed by atoms with Crippen LogP contribution in [0, 0.1) is 6.92 Å². The van der Waals surface area contributed by atoms with Gasteiger partial charge in [-0.05, 0) is 34.5 Å². The summed E-state index contributed by atoms with van der Waals surface area (Å²) in [6.07, 6.45) is -2.34. The zero-order valence-corrected chi connectivity index (χ0v) is 14.4. The van der Waals surface area contributed by atoms with Gasteiger partial charge in [-0.2, -0.15) is 0 Å². The zero-order valence-electron chi connectivity index (χ0n) is 10.4. The van der Waals surface area contributed by atoms with E-state index in [0.717, 1.165) is 27.3 Å². The summed E-state index contributed by atoms with van der Waals surface area (Å²) < 4.78 is 27.4. The van der Waals surface area contributed by atoms with Crippen molar-refractivity contribution in [2.45, 2.75) is 19.4 Å². The summed E-state index contributed by atoms with van der Waals surface area (Å²) in [5.74, 6) is 0. The molecule has 1 N–H and O–H groups in total. The first kappa shape index (κ1) is 19.5. The fourth-order valence-electron chi connectivity index (χ4n) is 2.05. The summed E-state index contributed by atoms with van der Waals surface area (Å²) in [5, 5.41) is 3.18. The summed E-state index contributed by atoms with van der Waals surface area (Å²) in [5.41, 5.74) is 1.03. The number of halogens is 5. The van der Waals surface area contributed by atoms with Gasteiger partial charge < -0.3 is 5.32 Å². The summed E-state index contributed by atoms with van der Waals surface area (Å²) in [6, 6.07) is 1.11. The van der Waals surface area contributed by atoms with E-state index in [1.54, 1.807) is 0 Å². The van der Waals surface area contributed by atoms with Gasteiger partial charge in [-0.3, -0.25) is 4.90 Å². The number of nitrogens with zero attached hydrogens (tertiary/aromatic N) is 1. The Morgan fingerprint density at radius 2 is 1.89 bits per heavy atom. The average molecular weight is 398 g/mol. The van der Waals surface area contributed by atoms with Crippen LogP contribution in [0.4, 0.5) is 8.78 Å². The van der Waals surface area contributed by atoms with E-state index in [-0.39, 0.29) is 24.8 Å². The minimum atomic E-state index is -2.34. The third-order valence-corrected chi connectivity index (χ3v) is 5.16. The Bertz CT molecular complexity index is 367. The summed E-state index contributed by atoms with van der Waals surface area (Å²) >= 11 is 4.82. The maximum absolute atomic E-state index is 13.2. The number of nitrogens with one attached hydrogen (secondary N) is 1. The first-order valence-electron chi connectivity index (χ1n) is 5.58. The van der Waals surface area contributed by atoms with Crippen molar-refractivity contribution in [3.8, 4) is 0 Å². The first-order valence-corrected chi connectivity index (χ1v) is 7.19. The lowest BCUT2D eigenvalue weighted by atomic mass is 10.1. The van der Waals surface area contributed by atoms with Crippen LogP contribution in [0.1, 0.15) is 16.5 Å². The van der Waals surface area contributed by atoms with Crippen molar-refractivity contribution in [3.05, 3.63) is 20.3 Å². The molecule has 0 bridgehead atoms. The fraction of sp³-hybridized carbons (Fsp3) is 0.636. The monoisotopic (exact) mass is 396 g/mol. The van der Waals surface area contributed by atoms with Crippen LogP contribution in [0.25, 0.3) is 0 Å². The van der Waals surface area contributed by atoms with Crippen LogP contribution < -0.4 is 5.32 Å². The minimum Gasteiger partial charge on any atom is -0.314 e. The van der Waals surface area contributed by atoms with E-state index in [1.165, 1.54) is 11.3 Å². The Balaban J connectivity index is 0.00000162. The highest BCUT2D eigenvalue weighted by Gasteiger charge is 2.31. The molecule has 1 aromatic heterocycles. The van der Waals surface area contributed by atoms with Crippen molar-refractivity contribution in [2.24, 2.45) is 0 Å². The maximum Gasteiger partial charge on any atom is 0.258 e. The minimum absolute atomic E-state index is 0. The Kier molecular flexibility index (Phi) is 8.99. The number of rotatable bonds is 3. The van der Waals surface area contributed by atoms with Gasteiger partial charge in [0.15, 0.2) is 0 Å². The molecule has 1 fully saturated rings. The van der Waals surface area contributed by atoms with E-state index >= 15 is 0 Å². The average Bonchev–Trinajstić information content (AvgIpc) is 2.60. The third-order valence-electron chi connectivity index (χ3n) is 2.95. The van der Waals surface area contributed by atoms with Crippen LogP contribution in [-0.2, 0) is 0 Å². The second-order valence-electron chi connectivity index (χ2n) is 4.17. The van der Waals surface area contributed by atoms with E-state index < -0.39 is 12.5 Å². The van der Waals surface area contributed by atoms with Crippen LogP contribution in [0.15, 0.2) is 9.85 Å². The van der Waals surface area contributed by atoms with Gasteiger partial charge in [0.1, 0.15) is 6.04 Å². The molecule has 1 aliphatic heterocycles. The van der Waals surface area contributed by atoms with Crippen molar-refractivity contribution < 1.29 is 8.78 Å². The second kappa shape index (κ2) is 8.74. The summed E-state index contributed by atoms with van der Waals surface area (Å²) in [7, 11) is 0. The maximum atomic E-state index is 13.2. The third kappa shape index (κ3) is 4.79. The Morgan fingerprint density at radius 1 is 1.32 bits per heavy atom. The zero-order chi connectivity index (χ0) is 12.4. The molecule has 0 aromatic carbocycles. The predicted molar refractivity (Wildman–Crippen MR) is 84.4 cm³/mol. The van der Waals surface area contributed by atoms with Gasteiger partial charge in [0.25, 0.3) is 6.43 Å². The van der Waals surface area contributed by atoms with Crippen molar-refractivity contribution in [2.75, 3.05) is 26.2 Å². The Hall–Kier alpha value is 0.540. The largest absolute Gasteiger partial charge is 0.314 e. The van der Waals surface area contributed by atoms with Crippen molar-refractivity contribution in [1.29, 1.82) is 0 Å². The van der Waals surface area contributed by atoms with E-state index in [1.807, 2.05) is 17.9 Å². The highest BCUT2D eigenvalue weighted by atomic mass is 79.9. The normalized spacial score (nSPS) is 17.7. The van der Waals surface area contributed by atoms with Crippen LogP contribution in [-0.4, -0.2) is 37.5 Å². The van der Waals surface area contributed by atoms with Gasteiger partial charge >= 0.3 is 0 Å². The van der Waals surface area contributed by atoms with E-state index in [2.05, 4.69) is 21.2 Å². The number of hydrogen-bond donors (Lipinski definition) is 1. The van der Waals surface area contributed by atoms with Crippen LogP contribution in [0.3, 0.4) is 0 Å². The molecule has 0 amide bonds. The molecule has 2 rings (SSSR count). The lowest BCUT2D eigenvalue weighted by Gasteiger charge is -2.33. The highest BCUT2D eigenvalue weighted by Crippen LogP contribution is 2.37. The Morgan fingerprint density at radius 3 is 2.32 bits per heavy atom. The van der Waals surface area contributed by atoms with Gasteiger partial charge in [-0.1, -0.05) is 0 Å². The molecule has 2 nitrogen and oxygen atoms in total. The van der Waals surface area contributed by atoms with Crippen molar-refractivity contribution in [3.63, 3.8) is 0 Å². The van der Waals surface area contributed by atoms with Gasteiger partial charge in [0.05, 0.1) is 3.79 Å². The standard InChI is InChI=1S/C11H15BrF2N2S.2ClH/c1-7-6-8(17-10(7)12)9(11(13)14)16-4-2-15-3-5-16;;/h6,9,11,15H,2-5H2,1H3;2*1H/t9-;;/m1../s1. The number of aryl methyl sites for hydroxylation is 1. The number of thiophene rings is 1. The molecule has 0 unspecified atom stereocenters. The number of hydrogen-bond acceptors (Lipinski definition) is 3. The molecule has 1 saturated heterocycles. The first-order chi connectivity index (χ1) is 8.09. The molecular weight excluding hydrogens is 381 g/mol. The molecule has 1 aliphatic rings. The summed E-state index contributed by atoms with van der Waals surface area (Å²) in [6.45, 7) is 4.88. The SMILES string of the molecule is Cc1cc([C@H](C(F)F)N2CCNCC2)sc1Br.Cl.Cl. The van der Waals surface area contributed by atoms with Crippen LogP contribution >= 0.6 is 52.1 Å². The van der Waals surface area contributed by atoms with Crippen molar-refractivity contribution in [1.82, 2.24) is 10.2 Å². The molecule has 0 saturated carbocycles. The van der Waals surface area contributed by atoms with Gasteiger partial charge in [-0.25, -0.2) is 8.78 Å². The number of piperazine rings is 1. The molecule has 2 heterocycles. The molecule has 0 spiro atoms. The molecule has 8 heteroatoms. The van der Waals surface area contributed by atoms with E-state index in [0.29, 0.717) is 13.1 Å². The molecular formula is C11H17BrCl2F2N2S. The molecule has 112 valence electrons. The molecule has 1 aromatic rings. The van der Waals surface area contributed by atoms with Crippen LogP contribution in [0.5, 0.6) is 0 Å². The quantitative estimate of drug-likeness (QED) is 0.832. The van der Waals surface area contributed by atoms with E-state index in [9.17, 15) is 8.78 Å². The topological polar surface area (TPSA) is 15.3 Å². The second-order valence-corrected chi connectivity index (χ2v) is 6.57. The molecule has 1 atom stereocenters. The summed E-state index contributed by atoms with van der Waals surface area (Å²) in [4.78, 5) is 2.63. The van der Waals surface area contributed by atoms with Crippen LogP contribution in [0.2, 0.25) is 0 Å². The Labute approximate surface area is 136 Å². The van der Waals surface area contributed by atoms with Crippen molar-refractivity contribution >= 4 is 52.1 Å². The lowest BCUT2D eigenvalue weighted by molar-refractivity contribution is 0.0200. The number of alkyl halides is 2. The molecule has 19 heavy (non-hydrogen) atoms. The smallest absolute Gasteiger partial charge is 0.258 e. The van der Waals surface area contributed by atoms with Gasteiger partial charge in [-0.15, -0.1) is 36.2 Å². The van der Waals surface area contributed by atoms with Gasteiger partial charge in [0, 0.05) is 31.1 Å². The predicted octanol–water partition coefficient (Wildman–Crippen LogP) is 3.87. The molecule has 0 aliphatic carbocycles. The van der Waals surface area contributed by atoms with Gasteiger partial charge in [0.2, 0.25) is 0 Å². The fourth-order valence-corrected chi connectivity index (χ4v) is 3.76. The lowest BCUT2D eigenvalue weighted by Crippen LogP contribution is -2.46. The molecule has 0 radical (unpaired) electrons. The highest BCUT2D eigenvalue weighted by molar-refractivity contribution is 9.11.